The van der Waals surface area contributed by atoms with E-state index in [-0.39, 0.29) is 6.71 Å². The molecule has 1 heterocycles. The molecule has 8 rings (SSSR count). The van der Waals surface area contributed by atoms with Crippen molar-refractivity contribution in [3.05, 3.63) is 167 Å². The molecular formula is C43H35BO. The number of aryl methyl sites for hydroxylation is 1. The Kier molecular flexibility index (Phi) is 6.79. The fourth-order valence-electron chi connectivity index (χ4n) is 7.53. The van der Waals surface area contributed by atoms with E-state index >= 15 is 0 Å². The predicted molar refractivity (Wildman–Crippen MR) is 194 cm³/mol. The van der Waals surface area contributed by atoms with Crippen molar-refractivity contribution >= 4 is 50.3 Å². The summed E-state index contributed by atoms with van der Waals surface area (Å²) in [5.41, 5.74) is 15.2. The molecule has 5 aromatic carbocycles. The maximum atomic E-state index is 6.50. The van der Waals surface area contributed by atoms with Gasteiger partial charge in [-0.15, -0.1) is 0 Å². The molecule has 0 atom stereocenters. The molecule has 216 valence electrons. The minimum atomic E-state index is 0.0880. The zero-order valence-electron chi connectivity index (χ0n) is 26.1. The lowest BCUT2D eigenvalue weighted by molar-refractivity contribution is 0.670. The highest BCUT2D eigenvalue weighted by molar-refractivity contribution is 6.93. The SMILES string of the molecule is CC1=CC=C2C(C)=CC=CCC2=C(B(c2cccc(-c3cccc4c3oc3ccccc34)c2)c2c(C)ccc3ccccc23)C1. The van der Waals surface area contributed by atoms with Crippen LogP contribution in [-0.4, -0.2) is 6.71 Å². The number of para-hydroxylation sites is 2. The van der Waals surface area contributed by atoms with Gasteiger partial charge >= 0.3 is 0 Å². The molecule has 0 bridgehead atoms. The van der Waals surface area contributed by atoms with Gasteiger partial charge in [0, 0.05) is 16.3 Å². The van der Waals surface area contributed by atoms with E-state index in [9.17, 15) is 0 Å². The first-order chi connectivity index (χ1) is 22.1. The van der Waals surface area contributed by atoms with Crippen molar-refractivity contribution in [2.45, 2.75) is 33.6 Å². The second-order valence-electron chi connectivity index (χ2n) is 12.6. The molecule has 0 saturated heterocycles. The molecule has 0 saturated carbocycles. The number of furan rings is 1. The molecule has 0 unspecified atom stereocenters. The molecule has 0 aliphatic heterocycles. The fourth-order valence-corrected chi connectivity index (χ4v) is 7.53. The standard InChI is InChI=1S/C43H35BO/c1-28-22-25-34-29(2)12-4-6-17-37(34)40(26-28)44(42-30(3)23-24-31-13-5-7-16-35(31)42)33-15-10-14-32(27-33)36-19-11-20-39-38-18-8-9-21-41(38)45-43(36)39/h4-16,18-25,27H,17,26H2,1-3H3. The predicted octanol–water partition coefficient (Wildman–Crippen LogP) is 10.3. The Balaban J connectivity index is 1.41. The van der Waals surface area contributed by atoms with Crippen LogP contribution in [-0.2, 0) is 0 Å². The van der Waals surface area contributed by atoms with Crippen LogP contribution >= 0.6 is 0 Å². The Hall–Kier alpha value is -5.08. The van der Waals surface area contributed by atoms with Crippen molar-refractivity contribution in [2.75, 3.05) is 0 Å². The summed E-state index contributed by atoms with van der Waals surface area (Å²) in [6.07, 6.45) is 13.4. The van der Waals surface area contributed by atoms with Gasteiger partial charge in [0.1, 0.15) is 11.2 Å². The number of allylic oxidation sites excluding steroid dienone is 10. The van der Waals surface area contributed by atoms with E-state index in [0.29, 0.717) is 0 Å². The second-order valence-corrected chi connectivity index (χ2v) is 12.6. The third-order valence-corrected chi connectivity index (χ3v) is 9.71. The summed E-state index contributed by atoms with van der Waals surface area (Å²) in [6, 6.07) is 37.6. The minimum Gasteiger partial charge on any atom is -0.455 e. The Labute approximate surface area is 265 Å². The van der Waals surface area contributed by atoms with Crippen LogP contribution in [0.15, 0.2) is 166 Å². The van der Waals surface area contributed by atoms with Crippen LogP contribution in [0.2, 0.25) is 0 Å². The van der Waals surface area contributed by atoms with Crippen molar-refractivity contribution in [2.24, 2.45) is 0 Å². The van der Waals surface area contributed by atoms with E-state index in [1.807, 2.05) is 6.07 Å². The molecule has 45 heavy (non-hydrogen) atoms. The van der Waals surface area contributed by atoms with Crippen LogP contribution in [0.4, 0.5) is 0 Å². The van der Waals surface area contributed by atoms with Crippen LogP contribution in [0, 0.1) is 6.92 Å². The van der Waals surface area contributed by atoms with Gasteiger partial charge in [-0.05, 0) is 72.7 Å². The van der Waals surface area contributed by atoms with Gasteiger partial charge in [-0.3, -0.25) is 0 Å². The first kappa shape index (κ1) is 27.5. The summed E-state index contributed by atoms with van der Waals surface area (Å²) in [4.78, 5) is 0. The summed E-state index contributed by atoms with van der Waals surface area (Å²) >= 11 is 0. The van der Waals surface area contributed by atoms with Gasteiger partial charge in [-0.2, -0.15) is 0 Å². The van der Waals surface area contributed by atoms with E-state index in [0.717, 1.165) is 40.3 Å². The normalized spacial score (nSPS) is 15.0. The Morgan fingerprint density at radius 2 is 1.49 bits per heavy atom. The van der Waals surface area contributed by atoms with Gasteiger partial charge in [0.15, 0.2) is 0 Å². The number of rotatable bonds is 4. The van der Waals surface area contributed by atoms with Crippen LogP contribution in [0.25, 0.3) is 43.8 Å². The first-order valence-electron chi connectivity index (χ1n) is 16.0. The molecule has 1 nitrogen and oxygen atoms in total. The molecule has 2 aliphatic carbocycles. The Bertz CT molecular complexity index is 2300. The summed E-state index contributed by atoms with van der Waals surface area (Å²) in [7, 11) is 0. The van der Waals surface area contributed by atoms with Gasteiger partial charge < -0.3 is 4.42 Å². The number of fused-ring (bicyclic) bond motifs is 5. The van der Waals surface area contributed by atoms with Crippen LogP contribution < -0.4 is 10.9 Å². The third-order valence-electron chi connectivity index (χ3n) is 9.71. The summed E-state index contributed by atoms with van der Waals surface area (Å²) < 4.78 is 6.50. The van der Waals surface area contributed by atoms with Crippen LogP contribution in [0.5, 0.6) is 0 Å². The third kappa shape index (κ3) is 4.73. The lowest BCUT2D eigenvalue weighted by atomic mass is 9.33. The van der Waals surface area contributed by atoms with Gasteiger partial charge in [-0.1, -0.05) is 155 Å². The molecule has 0 radical (unpaired) electrons. The lowest BCUT2D eigenvalue weighted by Gasteiger charge is -2.26. The maximum absolute atomic E-state index is 6.50. The van der Waals surface area contributed by atoms with Gasteiger partial charge in [0.2, 0.25) is 6.71 Å². The van der Waals surface area contributed by atoms with Gasteiger partial charge in [0.05, 0.1) is 0 Å². The molecule has 0 fully saturated rings. The quantitative estimate of drug-likeness (QED) is 0.190. The van der Waals surface area contributed by atoms with E-state index in [1.165, 1.54) is 60.6 Å². The highest BCUT2D eigenvalue weighted by Gasteiger charge is 2.32. The van der Waals surface area contributed by atoms with Crippen molar-refractivity contribution in [3.8, 4) is 11.1 Å². The molecule has 1 aromatic heterocycles. The Morgan fingerprint density at radius 1 is 0.689 bits per heavy atom. The molecular weight excluding hydrogens is 543 g/mol. The number of hydrogen-bond donors (Lipinski definition) is 0. The zero-order chi connectivity index (χ0) is 30.5. The Morgan fingerprint density at radius 3 is 2.40 bits per heavy atom. The van der Waals surface area contributed by atoms with Crippen molar-refractivity contribution < 1.29 is 4.42 Å². The molecule has 6 aromatic rings. The molecule has 0 spiro atoms. The minimum absolute atomic E-state index is 0.0880. The van der Waals surface area contributed by atoms with Crippen molar-refractivity contribution in [1.29, 1.82) is 0 Å². The summed E-state index contributed by atoms with van der Waals surface area (Å²) in [6.45, 7) is 6.90. The average molecular weight is 579 g/mol. The second kappa shape index (κ2) is 11.1. The first-order valence-corrected chi connectivity index (χ1v) is 16.0. The van der Waals surface area contributed by atoms with E-state index in [4.69, 9.17) is 4.42 Å². The molecule has 0 N–H and O–H groups in total. The zero-order valence-corrected chi connectivity index (χ0v) is 26.1. The lowest BCUT2D eigenvalue weighted by Crippen LogP contribution is -2.46. The fraction of sp³-hybridized carbons (Fsp3) is 0.116. The van der Waals surface area contributed by atoms with E-state index in [1.54, 1.807) is 0 Å². The van der Waals surface area contributed by atoms with E-state index in [2.05, 4.69) is 148 Å². The molecule has 2 aliphatic rings. The average Bonchev–Trinajstić information content (AvgIpc) is 3.24. The van der Waals surface area contributed by atoms with Gasteiger partial charge in [-0.25, -0.2) is 0 Å². The van der Waals surface area contributed by atoms with Crippen molar-refractivity contribution in [3.63, 3.8) is 0 Å². The largest absolute Gasteiger partial charge is 0.455 e. The molecule has 0 amide bonds. The summed E-state index contributed by atoms with van der Waals surface area (Å²) in [5.74, 6) is 0. The smallest absolute Gasteiger partial charge is 0.238 e. The number of hydrogen-bond acceptors (Lipinski definition) is 1. The van der Waals surface area contributed by atoms with Crippen molar-refractivity contribution in [1.82, 2.24) is 0 Å². The molecule has 2 heteroatoms. The number of benzene rings is 5. The van der Waals surface area contributed by atoms with Gasteiger partial charge in [0.25, 0.3) is 0 Å². The topological polar surface area (TPSA) is 13.1 Å². The monoisotopic (exact) mass is 578 g/mol. The van der Waals surface area contributed by atoms with E-state index < -0.39 is 0 Å². The van der Waals surface area contributed by atoms with Crippen LogP contribution in [0.3, 0.4) is 0 Å². The highest BCUT2D eigenvalue weighted by atomic mass is 16.3. The highest BCUT2D eigenvalue weighted by Crippen LogP contribution is 2.37. The maximum Gasteiger partial charge on any atom is 0.238 e. The van der Waals surface area contributed by atoms with Crippen LogP contribution in [0.1, 0.15) is 32.3 Å². The summed E-state index contributed by atoms with van der Waals surface area (Å²) in [5, 5.41) is 4.93.